The monoisotopic (exact) mass is 350 g/mol. The smallest absolute Gasteiger partial charge is 0.253 e. The fourth-order valence-corrected chi connectivity index (χ4v) is 2.98. The van der Waals surface area contributed by atoms with Crippen LogP contribution < -0.4 is 9.80 Å². The topological polar surface area (TPSA) is 43.2 Å². The van der Waals surface area contributed by atoms with E-state index in [-0.39, 0.29) is 13.1 Å². The van der Waals surface area contributed by atoms with E-state index in [0.717, 1.165) is 5.69 Å². The van der Waals surface area contributed by atoms with Crippen molar-refractivity contribution in [3.05, 3.63) is 53.4 Å². The molecule has 3 rings (SSSR count). The summed E-state index contributed by atoms with van der Waals surface area (Å²) in [5.74, 6) is -6.32. The molecular formula is C17H14F4N4. The Morgan fingerprint density at radius 1 is 0.880 bits per heavy atom. The molecule has 8 heteroatoms. The number of rotatable bonds is 2. The van der Waals surface area contributed by atoms with Crippen LogP contribution >= 0.6 is 0 Å². The van der Waals surface area contributed by atoms with Gasteiger partial charge in [0.25, 0.3) is 11.9 Å². The molecule has 0 aliphatic carbocycles. The molecule has 0 amide bonds. The second-order valence-corrected chi connectivity index (χ2v) is 5.63. The average molecular weight is 350 g/mol. The van der Waals surface area contributed by atoms with E-state index < -0.39 is 29.2 Å². The molecule has 1 aromatic carbocycles. The minimum Gasteiger partial charge on any atom is -0.369 e. The third-order valence-corrected chi connectivity index (χ3v) is 4.15. The summed E-state index contributed by atoms with van der Waals surface area (Å²) in [6, 6.07) is 9.13. The highest BCUT2D eigenvalue weighted by molar-refractivity contribution is 5.60. The quantitative estimate of drug-likeness (QED) is 0.616. The third kappa shape index (κ3) is 3.22. The summed E-state index contributed by atoms with van der Waals surface area (Å²) in [7, 11) is 0. The normalized spacial score (nSPS) is 15.0. The summed E-state index contributed by atoms with van der Waals surface area (Å²) in [5.41, 5.74) is 0.481. The van der Waals surface area contributed by atoms with Crippen LogP contribution in [-0.4, -0.2) is 31.2 Å². The van der Waals surface area contributed by atoms with Gasteiger partial charge in [-0.25, -0.2) is 0 Å². The number of nitrogens with zero attached hydrogens (tertiary/aromatic N) is 4. The molecule has 4 nitrogen and oxygen atoms in total. The Morgan fingerprint density at radius 2 is 1.48 bits per heavy atom. The molecule has 25 heavy (non-hydrogen) atoms. The Bertz CT molecular complexity index is 808. The third-order valence-electron chi connectivity index (χ3n) is 4.15. The highest BCUT2D eigenvalue weighted by Gasteiger charge is 2.27. The number of hydrogen-bond acceptors (Lipinski definition) is 4. The first-order chi connectivity index (χ1) is 12.0. The van der Waals surface area contributed by atoms with Crippen molar-refractivity contribution in [2.45, 2.75) is 6.42 Å². The number of para-hydroxylation sites is 1. The van der Waals surface area contributed by atoms with E-state index in [4.69, 9.17) is 0 Å². The molecule has 1 aliphatic heterocycles. The van der Waals surface area contributed by atoms with Crippen LogP contribution in [0.3, 0.4) is 0 Å². The van der Waals surface area contributed by atoms with Gasteiger partial charge in [0.05, 0.1) is 11.3 Å². The Balaban J connectivity index is 1.87. The van der Waals surface area contributed by atoms with E-state index in [2.05, 4.69) is 11.1 Å². The van der Waals surface area contributed by atoms with Crippen molar-refractivity contribution in [2.24, 2.45) is 0 Å². The van der Waals surface area contributed by atoms with Gasteiger partial charge >= 0.3 is 0 Å². The fraction of sp³-hybridized carbons (Fsp3) is 0.294. The molecule has 0 bridgehead atoms. The maximum atomic E-state index is 14.0. The molecular weight excluding hydrogens is 336 g/mol. The Hall–Kier alpha value is -2.82. The Kier molecular flexibility index (Phi) is 4.74. The van der Waals surface area contributed by atoms with E-state index in [1.54, 1.807) is 24.3 Å². The summed E-state index contributed by atoms with van der Waals surface area (Å²) in [6.07, 6.45) is 0.504. The average Bonchev–Trinajstić information content (AvgIpc) is 2.86. The summed E-state index contributed by atoms with van der Waals surface area (Å²) < 4.78 is 54.6. The lowest BCUT2D eigenvalue weighted by atomic mass is 10.1. The van der Waals surface area contributed by atoms with Crippen LogP contribution in [0.2, 0.25) is 0 Å². The number of halogens is 4. The number of anilines is 2. The van der Waals surface area contributed by atoms with Gasteiger partial charge in [-0.2, -0.15) is 27.8 Å². The van der Waals surface area contributed by atoms with Gasteiger partial charge in [0, 0.05) is 26.2 Å². The number of aromatic nitrogens is 1. The summed E-state index contributed by atoms with van der Waals surface area (Å²) >= 11 is 0. The maximum Gasteiger partial charge on any atom is 0.253 e. The van der Waals surface area contributed by atoms with Gasteiger partial charge in [0.15, 0.2) is 0 Å². The molecule has 0 atom stereocenters. The molecule has 0 spiro atoms. The largest absolute Gasteiger partial charge is 0.369 e. The highest BCUT2D eigenvalue weighted by Crippen LogP contribution is 2.28. The van der Waals surface area contributed by atoms with Gasteiger partial charge in [0.1, 0.15) is 11.8 Å². The zero-order valence-corrected chi connectivity index (χ0v) is 13.1. The lowest BCUT2D eigenvalue weighted by Gasteiger charge is -2.25. The van der Waals surface area contributed by atoms with Crippen LogP contribution in [0, 0.1) is 34.9 Å². The zero-order valence-electron chi connectivity index (χ0n) is 13.1. The Morgan fingerprint density at radius 3 is 2.16 bits per heavy atom. The molecule has 0 N–H and O–H groups in total. The van der Waals surface area contributed by atoms with Crippen LogP contribution in [0.4, 0.5) is 28.9 Å². The van der Waals surface area contributed by atoms with E-state index in [1.807, 2.05) is 4.90 Å². The molecule has 2 heterocycles. The number of pyridine rings is 1. The molecule has 1 saturated heterocycles. The van der Waals surface area contributed by atoms with Gasteiger partial charge in [-0.15, -0.1) is 0 Å². The van der Waals surface area contributed by atoms with Crippen molar-refractivity contribution in [1.82, 2.24) is 4.98 Å². The molecule has 1 aromatic heterocycles. The van der Waals surface area contributed by atoms with Crippen molar-refractivity contribution in [3.63, 3.8) is 0 Å². The number of nitriles is 1. The minimum atomic E-state index is -1.66. The van der Waals surface area contributed by atoms with Gasteiger partial charge in [-0.3, -0.25) is 0 Å². The number of benzene rings is 1. The minimum absolute atomic E-state index is 0.149. The number of hydrogen-bond donors (Lipinski definition) is 0. The van der Waals surface area contributed by atoms with Crippen molar-refractivity contribution in [2.75, 3.05) is 36.0 Å². The van der Waals surface area contributed by atoms with E-state index in [1.165, 1.54) is 4.90 Å². The second kappa shape index (κ2) is 6.97. The van der Waals surface area contributed by atoms with E-state index >= 15 is 0 Å². The first-order valence-corrected chi connectivity index (χ1v) is 7.72. The molecule has 0 saturated carbocycles. The SMILES string of the molecule is N#Cc1ccccc1N1CCCN(c2c(F)c(F)nc(F)c2F)CC1. The van der Waals surface area contributed by atoms with Crippen molar-refractivity contribution in [3.8, 4) is 6.07 Å². The lowest BCUT2D eigenvalue weighted by molar-refractivity contribution is 0.406. The van der Waals surface area contributed by atoms with Crippen LogP contribution in [-0.2, 0) is 0 Å². The molecule has 1 fully saturated rings. The molecule has 130 valence electrons. The van der Waals surface area contributed by atoms with Crippen LogP contribution in [0.1, 0.15) is 12.0 Å². The van der Waals surface area contributed by atoms with E-state index in [9.17, 15) is 22.8 Å². The second-order valence-electron chi connectivity index (χ2n) is 5.63. The predicted octanol–water partition coefficient (Wildman–Crippen LogP) is 3.23. The van der Waals surface area contributed by atoms with Crippen LogP contribution in [0.25, 0.3) is 0 Å². The molecule has 2 aromatic rings. The van der Waals surface area contributed by atoms with Crippen molar-refractivity contribution >= 4 is 11.4 Å². The summed E-state index contributed by atoms with van der Waals surface area (Å²) in [6.45, 7) is 1.27. The first kappa shape index (κ1) is 17.0. The van der Waals surface area contributed by atoms with Gasteiger partial charge in [-0.05, 0) is 18.6 Å². The zero-order chi connectivity index (χ0) is 18.0. The molecule has 0 unspecified atom stereocenters. The van der Waals surface area contributed by atoms with Crippen molar-refractivity contribution < 1.29 is 17.6 Å². The summed E-state index contributed by atoms with van der Waals surface area (Å²) in [5, 5.41) is 9.21. The maximum absolute atomic E-state index is 14.0. The predicted molar refractivity (Wildman–Crippen MR) is 84.3 cm³/mol. The van der Waals surface area contributed by atoms with Gasteiger partial charge in [0.2, 0.25) is 11.6 Å². The standard InChI is InChI=1S/C17H14F4N4/c18-13-15(14(19)17(21)23-16(13)20)25-7-3-6-24(8-9-25)12-5-2-1-4-11(12)10-22/h1-2,4-5H,3,6-9H2. The first-order valence-electron chi connectivity index (χ1n) is 7.72. The Labute approximate surface area is 141 Å². The summed E-state index contributed by atoms with van der Waals surface area (Å²) in [4.78, 5) is 5.77. The highest BCUT2D eigenvalue weighted by atomic mass is 19.2. The van der Waals surface area contributed by atoms with Gasteiger partial charge in [-0.1, -0.05) is 12.1 Å². The molecule has 1 aliphatic rings. The fourth-order valence-electron chi connectivity index (χ4n) is 2.98. The van der Waals surface area contributed by atoms with Crippen LogP contribution in [0.5, 0.6) is 0 Å². The molecule has 0 radical (unpaired) electrons. The van der Waals surface area contributed by atoms with Crippen LogP contribution in [0.15, 0.2) is 24.3 Å². The van der Waals surface area contributed by atoms with E-state index in [0.29, 0.717) is 25.1 Å². The lowest BCUT2D eigenvalue weighted by Crippen LogP contribution is -2.32. The van der Waals surface area contributed by atoms with Crippen molar-refractivity contribution in [1.29, 1.82) is 5.26 Å². The van der Waals surface area contributed by atoms with Gasteiger partial charge < -0.3 is 9.80 Å².